The fourth-order valence-electron chi connectivity index (χ4n) is 6.72. The highest BCUT2D eigenvalue weighted by Gasteiger charge is 2.41. The third-order valence-electron chi connectivity index (χ3n) is 8.88. The number of allylic oxidation sites excluding steroid dienone is 6. The van der Waals surface area contributed by atoms with Gasteiger partial charge in [-0.3, -0.25) is 14.7 Å². The number of piperidine rings is 2. The maximum absolute atomic E-state index is 13.6. The number of nitrogens with zero attached hydrogens (tertiary/aromatic N) is 6. The first-order valence-electron chi connectivity index (χ1n) is 15.3. The minimum atomic E-state index is 0.0333. The topological polar surface area (TPSA) is 103 Å². The SMILES string of the molecule is CC=N/C(=C\C/C=C\C)C1NC2=C(CCC=C2C)N1C1CCN(C(=O)C2CCN(Cc3cnc(N)nc3)CC2)CC1. The molecule has 220 valence electrons. The largest absolute Gasteiger partial charge is 0.368 e. The number of nitrogens with two attached hydrogens (primary N) is 1. The van der Waals surface area contributed by atoms with Crippen molar-refractivity contribution in [3.63, 3.8) is 0 Å². The first-order chi connectivity index (χ1) is 20.0. The van der Waals surface area contributed by atoms with Crippen molar-refractivity contribution in [3.05, 3.63) is 64.9 Å². The Morgan fingerprint density at radius 1 is 1.12 bits per heavy atom. The molecule has 2 saturated heterocycles. The lowest BCUT2D eigenvalue weighted by atomic mass is 9.93. The Morgan fingerprint density at radius 2 is 1.85 bits per heavy atom. The first kappa shape index (κ1) is 29.0. The van der Waals surface area contributed by atoms with E-state index >= 15 is 0 Å². The molecule has 4 aliphatic rings. The minimum absolute atomic E-state index is 0.0333. The molecule has 5 rings (SSSR count). The number of hydrogen-bond donors (Lipinski definition) is 2. The zero-order chi connectivity index (χ0) is 28.8. The van der Waals surface area contributed by atoms with Gasteiger partial charge in [0.1, 0.15) is 6.17 Å². The van der Waals surface area contributed by atoms with E-state index in [-0.39, 0.29) is 12.1 Å². The molecule has 1 aromatic rings. The van der Waals surface area contributed by atoms with Gasteiger partial charge in [0.2, 0.25) is 11.9 Å². The minimum Gasteiger partial charge on any atom is -0.368 e. The molecule has 2 fully saturated rings. The molecule has 0 radical (unpaired) electrons. The Kier molecular flexibility index (Phi) is 9.54. The number of rotatable bonds is 8. The predicted molar refractivity (Wildman–Crippen MR) is 165 cm³/mol. The van der Waals surface area contributed by atoms with Crippen molar-refractivity contribution in [2.75, 3.05) is 31.9 Å². The van der Waals surface area contributed by atoms with Crippen LogP contribution in [0.5, 0.6) is 0 Å². The van der Waals surface area contributed by atoms with Gasteiger partial charge in [0, 0.05) is 61.5 Å². The van der Waals surface area contributed by atoms with Crippen molar-refractivity contribution in [1.29, 1.82) is 0 Å². The Hall–Kier alpha value is -3.46. The molecule has 41 heavy (non-hydrogen) atoms. The van der Waals surface area contributed by atoms with Gasteiger partial charge in [0.15, 0.2) is 0 Å². The van der Waals surface area contributed by atoms with Crippen LogP contribution in [0.1, 0.15) is 71.3 Å². The Morgan fingerprint density at radius 3 is 2.54 bits per heavy atom. The smallest absolute Gasteiger partial charge is 0.225 e. The summed E-state index contributed by atoms with van der Waals surface area (Å²) in [6.45, 7) is 10.5. The molecule has 1 atom stereocenters. The van der Waals surface area contributed by atoms with E-state index < -0.39 is 0 Å². The van der Waals surface area contributed by atoms with E-state index in [1.54, 1.807) is 12.4 Å². The first-order valence-corrected chi connectivity index (χ1v) is 15.3. The molecule has 1 aromatic heterocycles. The standard InChI is InChI=1S/C32H46N8O/c1-4-6-7-10-27(34-5-2)30-37-29-23(3)9-8-11-28(29)40(30)26-14-18-39(19-15-26)31(41)25-12-16-38(17-13-25)22-24-20-35-32(33)36-21-24/h4-6,9-10,20-21,25-26,30,37H,7-8,11-19,22H2,1-3H3,(H2,33,35,36)/b6-4-,27-10-,34-5?. The average molecular weight is 559 g/mol. The van der Waals surface area contributed by atoms with Gasteiger partial charge in [-0.15, -0.1) is 0 Å². The molecular weight excluding hydrogens is 512 g/mol. The Labute approximate surface area is 245 Å². The highest BCUT2D eigenvalue weighted by Crippen LogP contribution is 2.39. The number of anilines is 1. The van der Waals surface area contributed by atoms with Crippen LogP contribution >= 0.6 is 0 Å². The van der Waals surface area contributed by atoms with E-state index in [4.69, 9.17) is 10.7 Å². The summed E-state index contributed by atoms with van der Waals surface area (Å²) >= 11 is 0. The number of aliphatic imine (C=N–C) groups is 1. The number of nitrogens with one attached hydrogen (secondary N) is 1. The van der Waals surface area contributed by atoms with Gasteiger partial charge < -0.3 is 20.9 Å². The second kappa shape index (κ2) is 13.5. The van der Waals surface area contributed by atoms with Crippen molar-refractivity contribution in [2.45, 2.75) is 84.5 Å². The summed E-state index contributed by atoms with van der Waals surface area (Å²) in [4.78, 5) is 33.7. The lowest BCUT2D eigenvalue weighted by Crippen LogP contribution is -2.52. The number of carbonyl (C=O) groups excluding carboxylic acids is 1. The van der Waals surface area contributed by atoms with Crippen LogP contribution in [-0.4, -0.2) is 75.2 Å². The maximum atomic E-state index is 13.6. The van der Waals surface area contributed by atoms with E-state index in [2.05, 4.69) is 68.1 Å². The van der Waals surface area contributed by atoms with Crippen LogP contribution < -0.4 is 11.1 Å². The summed E-state index contributed by atoms with van der Waals surface area (Å²) in [6, 6.07) is 0.385. The monoisotopic (exact) mass is 558 g/mol. The van der Waals surface area contributed by atoms with Crippen LogP contribution in [0.4, 0.5) is 5.95 Å². The van der Waals surface area contributed by atoms with Crippen LogP contribution in [0.25, 0.3) is 0 Å². The summed E-state index contributed by atoms with van der Waals surface area (Å²) in [5.41, 5.74) is 11.8. The molecule has 0 saturated carbocycles. The second-order valence-electron chi connectivity index (χ2n) is 11.6. The van der Waals surface area contributed by atoms with Gasteiger partial charge in [-0.25, -0.2) is 9.97 Å². The molecule has 3 aliphatic heterocycles. The molecule has 1 amide bonds. The molecule has 0 bridgehead atoms. The fourth-order valence-corrected chi connectivity index (χ4v) is 6.72. The lowest BCUT2D eigenvalue weighted by Gasteiger charge is -2.43. The number of aromatic nitrogens is 2. The molecule has 0 aromatic carbocycles. The predicted octanol–water partition coefficient (Wildman–Crippen LogP) is 4.39. The summed E-state index contributed by atoms with van der Waals surface area (Å²) in [5, 5.41) is 3.84. The zero-order valence-corrected chi connectivity index (χ0v) is 24.9. The third kappa shape index (κ3) is 6.72. The molecule has 3 N–H and O–H groups in total. The van der Waals surface area contributed by atoms with E-state index in [1.807, 2.05) is 13.1 Å². The van der Waals surface area contributed by atoms with E-state index in [9.17, 15) is 4.79 Å². The van der Waals surface area contributed by atoms with Crippen molar-refractivity contribution >= 4 is 18.1 Å². The van der Waals surface area contributed by atoms with E-state index in [0.717, 1.165) is 88.9 Å². The van der Waals surface area contributed by atoms with Crippen molar-refractivity contribution in [1.82, 2.24) is 30.0 Å². The van der Waals surface area contributed by atoms with Crippen molar-refractivity contribution < 1.29 is 4.79 Å². The zero-order valence-electron chi connectivity index (χ0n) is 24.9. The molecule has 1 aliphatic carbocycles. The molecule has 9 heteroatoms. The molecule has 0 spiro atoms. The molecule has 9 nitrogen and oxygen atoms in total. The number of likely N-dealkylation sites (tertiary alicyclic amines) is 2. The quantitative estimate of drug-likeness (QED) is 0.360. The van der Waals surface area contributed by atoms with Gasteiger partial charge in [0.25, 0.3) is 0 Å². The van der Waals surface area contributed by atoms with Crippen LogP contribution in [0, 0.1) is 5.92 Å². The third-order valence-corrected chi connectivity index (χ3v) is 8.88. The van der Waals surface area contributed by atoms with Gasteiger partial charge in [-0.1, -0.05) is 24.3 Å². The van der Waals surface area contributed by atoms with Crippen LogP contribution in [-0.2, 0) is 11.3 Å². The van der Waals surface area contributed by atoms with E-state index in [1.165, 1.54) is 17.0 Å². The Balaban J connectivity index is 1.20. The molecular formula is C32H46N8O. The highest BCUT2D eigenvalue weighted by atomic mass is 16.2. The molecule has 1 unspecified atom stereocenters. The van der Waals surface area contributed by atoms with Crippen molar-refractivity contribution in [3.8, 4) is 0 Å². The summed E-state index contributed by atoms with van der Waals surface area (Å²) < 4.78 is 0. The number of amides is 1. The highest BCUT2D eigenvalue weighted by molar-refractivity contribution is 5.79. The van der Waals surface area contributed by atoms with Gasteiger partial charge in [-0.05, 0) is 84.4 Å². The van der Waals surface area contributed by atoms with Crippen LogP contribution in [0.3, 0.4) is 0 Å². The van der Waals surface area contributed by atoms with Gasteiger partial charge in [-0.2, -0.15) is 0 Å². The normalized spacial score (nSPS) is 23.4. The van der Waals surface area contributed by atoms with Crippen LogP contribution in [0.2, 0.25) is 0 Å². The Bertz CT molecular complexity index is 1210. The number of nitrogen functional groups attached to an aromatic ring is 1. The summed E-state index contributed by atoms with van der Waals surface area (Å²) in [6.07, 6.45) is 21.1. The fraction of sp³-hybridized carbons (Fsp3) is 0.562. The molecule has 4 heterocycles. The van der Waals surface area contributed by atoms with Gasteiger partial charge in [0.05, 0.1) is 11.4 Å². The maximum Gasteiger partial charge on any atom is 0.225 e. The average Bonchev–Trinajstić information content (AvgIpc) is 3.39. The van der Waals surface area contributed by atoms with Gasteiger partial charge >= 0.3 is 0 Å². The second-order valence-corrected chi connectivity index (χ2v) is 11.6. The lowest BCUT2D eigenvalue weighted by molar-refractivity contribution is -0.138. The van der Waals surface area contributed by atoms with Crippen molar-refractivity contribution in [2.24, 2.45) is 10.9 Å². The number of carbonyl (C=O) groups is 1. The number of hydrogen-bond acceptors (Lipinski definition) is 8. The van der Waals surface area contributed by atoms with E-state index in [0.29, 0.717) is 17.9 Å². The summed E-state index contributed by atoms with van der Waals surface area (Å²) in [5.74, 6) is 0.762. The van der Waals surface area contributed by atoms with Crippen LogP contribution in [0.15, 0.2) is 64.4 Å². The summed E-state index contributed by atoms with van der Waals surface area (Å²) in [7, 11) is 0.